The van der Waals surface area contributed by atoms with Crippen LogP contribution in [0.2, 0.25) is 0 Å². The van der Waals surface area contributed by atoms with Gasteiger partial charge in [0.2, 0.25) is 15.9 Å². The second-order valence-corrected chi connectivity index (χ2v) is 8.15. The maximum atomic E-state index is 12.6. The van der Waals surface area contributed by atoms with Crippen molar-refractivity contribution in [1.29, 1.82) is 0 Å². The van der Waals surface area contributed by atoms with Crippen molar-refractivity contribution in [2.24, 2.45) is 0 Å². The third-order valence-electron chi connectivity index (χ3n) is 4.39. The predicted molar refractivity (Wildman–Crippen MR) is 96.1 cm³/mol. The molecule has 9 heteroatoms. The largest absolute Gasteiger partial charge is 0.354 e. The zero-order chi connectivity index (χ0) is 18.6. The average Bonchev–Trinajstić information content (AvgIpc) is 2.67. The normalized spacial score (nSPS) is 18.8. The molecule has 0 unspecified atom stereocenters. The molecule has 1 fully saturated rings. The summed E-state index contributed by atoms with van der Waals surface area (Å²) in [5.74, 6) is -0.561. The van der Waals surface area contributed by atoms with E-state index < -0.39 is 10.0 Å². The van der Waals surface area contributed by atoms with Gasteiger partial charge in [-0.05, 0) is 37.2 Å². The fourth-order valence-corrected chi connectivity index (χ4v) is 4.27. The average molecular weight is 378 g/mol. The number of nitrogens with zero attached hydrogens (tertiary/aromatic N) is 1. The minimum absolute atomic E-state index is 0.0739. The highest BCUT2D eigenvalue weighted by atomic mass is 32.2. The Morgan fingerprint density at radius 1 is 1.19 bits per heavy atom. The van der Waals surface area contributed by atoms with Crippen LogP contribution in [0.15, 0.2) is 40.8 Å². The first kappa shape index (κ1) is 18.6. The van der Waals surface area contributed by atoms with E-state index in [9.17, 15) is 18.0 Å². The van der Waals surface area contributed by atoms with E-state index in [1.807, 2.05) is 0 Å². The van der Waals surface area contributed by atoms with Gasteiger partial charge in [0.05, 0.1) is 11.4 Å². The molecule has 2 heterocycles. The molecule has 3 N–H and O–H groups in total. The number of sulfonamides is 1. The molecule has 0 spiro atoms. The molecule has 0 saturated carbocycles. The summed E-state index contributed by atoms with van der Waals surface area (Å²) in [6, 6.07) is 5.78. The molecule has 140 valence electrons. The van der Waals surface area contributed by atoms with Crippen molar-refractivity contribution in [2.75, 3.05) is 39.3 Å². The highest BCUT2D eigenvalue weighted by Gasteiger charge is 2.29. The number of nitrogens with one attached hydrogen (secondary N) is 3. The van der Waals surface area contributed by atoms with Crippen molar-refractivity contribution < 1.29 is 18.0 Å². The van der Waals surface area contributed by atoms with Crippen LogP contribution in [-0.2, 0) is 14.8 Å². The van der Waals surface area contributed by atoms with Crippen molar-refractivity contribution in [3.63, 3.8) is 0 Å². The third-order valence-corrected chi connectivity index (χ3v) is 6.25. The topological polar surface area (TPSA) is 108 Å². The standard InChI is InChI=1S/C17H22N4O4S/c22-16-12-21(10-9-19-16)26(24,25)15-3-1-14(2-4-15)17(23)20-11-13-5-7-18-8-6-13/h1-5,18H,6-12H2,(H,19,22)(H,20,23). The van der Waals surface area contributed by atoms with E-state index in [1.54, 1.807) is 0 Å². The molecule has 3 rings (SSSR count). The number of benzene rings is 1. The van der Waals surface area contributed by atoms with Crippen LogP contribution >= 0.6 is 0 Å². The zero-order valence-electron chi connectivity index (χ0n) is 14.3. The van der Waals surface area contributed by atoms with Gasteiger partial charge in [-0.3, -0.25) is 9.59 Å². The quantitative estimate of drug-likeness (QED) is 0.597. The van der Waals surface area contributed by atoms with Crippen LogP contribution in [0.5, 0.6) is 0 Å². The van der Waals surface area contributed by atoms with E-state index in [-0.39, 0.29) is 29.8 Å². The molecule has 2 aliphatic heterocycles. The van der Waals surface area contributed by atoms with E-state index in [0.717, 1.165) is 23.8 Å². The Bertz CT molecular complexity index is 818. The molecule has 0 aromatic heterocycles. The Hall–Kier alpha value is -2.23. The number of rotatable bonds is 5. The molecule has 1 aromatic carbocycles. The molecule has 2 amide bonds. The lowest BCUT2D eigenvalue weighted by molar-refractivity contribution is -0.122. The maximum absolute atomic E-state index is 12.6. The Kier molecular flexibility index (Phi) is 5.70. The molecule has 8 nitrogen and oxygen atoms in total. The van der Waals surface area contributed by atoms with Crippen LogP contribution in [0.4, 0.5) is 0 Å². The van der Waals surface area contributed by atoms with Crippen LogP contribution in [0.25, 0.3) is 0 Å². The minimum atomic E-state index is -3.74. The smallest absolute Gasteiger partial charge is 0.251 e. The molecule has 1 saturated heterocycles. The highest BCUT2D eigenvalue weighted by Crippen LogP contribution is 2.17. The maximum Gasteiger partial charge on any atom is 0.251 e. The summed E-state index contributed by atoms with van der Waals surface area (Å²) < 4.78 is 26.3. The second-order valence-electron chi connectivity index (χ2n) is 6.21. The Balaban J connectivity index is 1.64. The van der Waals surface area contributed by atoms with Crippen LogP contribution in [-0.4, -0.2) is 63.8 Å². The number of amides is 2. The van der Waals surface area contributed by atoms with E-state index in [0.29, 0.717) is 18.7 Å². The molecular weight excluding hydrogens is 356 g/mol. The van der Waals surface area contributed by atoms with Crippen LogP contribution < -0.4 is 16.0 Å². The molecule has 1 aromatic rings. The minimum Gasteiger partial charge on any atom is -0.354 e. The van der Waals surface area contributed by atoms with E-state index in [2.05, 4.69) is 22.0 Å². The van der Waals surface area contributed by atoms with Gasteiger partial charge in [-0.25, -0.2) is 8.42 Å². The van der Waals surface area contributed by atoms with Gasteiger partial charge >= 0.3 is 0 Å². The lowest BCUT2D eigenvalue weighted by Crippen LogP contribution is -2.49. The lowest BCUT2D eigenvalue weighted by Gasteiger charge is -2.25. The third kappa shape index (κ3) is 4.29. The molecule has 2 aliphatic rings. The number of carbonyl (C=O) groups excluding carboxylic acids is 2. The lowest BCUT2D eigenvalue weighted by atomic mass is 10.1. The van der Waals surface area contributed by atoms with Gasteiger partial charge in [-0.15, -0.1) is 0 Å². The van der Waals surface area contributed by atoms with Gasteiger partial charge in [-0.2, -0.15) is 4.31 Å². The number of piperazine rings is 1. The molecule has 26 heavy (non-hydrogen) atoms. The van der Waals surface area contributed by atoms with E-state index in [1.165, 1.54) is 29.8 Å². The highest BCUT2D eigenvalue weighted by molar-refractivity contribution is 7.89. The molecule has 0 bridgehead atoms. The van der Waals surface area contributed by atoms with Crippen LogP contribution in [0, 0.1) is 0 Å². The van der Waals surface area contributed by atoms with Crippen LogP contribution in [0.1, 0.15) is 16.8 Å². The van der Waals surface area contributed by atoms with Gasteiger partial charge in [0.1, 0.15) is 0 Å². The summed E-state index contributed by atoms with van der Waals surface area (Å²) in [7, 11) is -3.74. The van der Waals surface area contributed by atoms with Crippen molar-refractivity contribution >= 4 is 21.8 Å². The summed E-state index contributed by atoms with van der Waals surface area (Å²) >= 11 is 0. The van der Waals surface area contributed by atoms with Gasteiger partial charge in [0, 0.05) is 31.7 Å². The van der Waals surface area contributed by atoms with Crippen LogP contribution in [0.3, 0.4) is 0 Å². The summed E-state index contributed by atoms with van der Waals surface area (Å²) in [6.45, 7) is 2.55. The summed E-state index contributed by atoms with van der Waals surface area (Å²) in [5, 5.41) is 8.65. The van der Waals surface area contributed by atoms with Crippen molar-refractivity contribution in [3.05, 3.63) is 41.5 Å². The first-order valence-corrected chi connectivity index (χ1v) is 9.94. The SMILES string of the molecule is O=C1CN(S(=O)(=O)c2ccc(C(=O)NCC3=CCNCC3)cc2)CCN1. The van der Waals surface area contributed by atoms with E-state index in [4.69, 9.17) is 0 Å². The monoisotopic (exact) mass is 378 g/mol. The first-order chi connectivity index (χ1) is 12.5. The molecule has 0 aliphatic carbocycles. The van der Waals surface area contributed by atoms with Gasteiger partial charge < -0.3 is 16.0 Å². The number of hydrogen-bond donors (Lipinski definition) is 3. The fraction of sp³-hybridized carbons (Fsp3) is 0.412. The Morgan fingerprint density at radius 2 is 1.96 bits per heavy atom. The summed E-state index contributed by atoms with van der Waals surface area (Å²) in [5.41, 5.74) is 1.58. The first-order valence-electron chi connectivity index (χ1n) is 8.50. The van der Waals surface area contributed by atoms with Crippen molar-refractivity contribution in [2.45, 2.75) is 11.3 Å². The van der Waals surface area contributed by atoms with E-state index >= 15 is 0 Å². The fourth-order valence-electron chi connectivity index (χ4n) is 2.87. The molecular formula is C17H22N4O4S. The van der Waals surface area contributed by atoms with Gasteiger partial charge in [0.25, 0.3) is 5.91 Å². The van der Waals surface area contributed by atoms with Crippen molar-refractivity contribution in [3.8, 4) is 0 Å². The summed E-state index contributed by atoms with van der Waals surface area (Å²) in [6.07, 6.45) is 2.97. The van der Waals surface area contributed by atoms with Gasteiger partial charge in [0.15, 0.2) is 0 Å². The molecule has 0 atom stereocenters. The Morgan fingerprint density at radius 3 is 2.62 bits per heavy atom. The van der Waals surface area contributed by atoms with Gasteiger partial charge in [-0.1, -0.05) is 11.6 Å². The summed E-state index contributed by atoms with van der Waals surface area (Å²) in [4.78, 5) is 23.7. The second kappa shape index (κ2) is 7.98. The number of carbonyl (C=O) groups is 2. The predicted octanol–water partition coefficient (Wildman–Crippen LogP) is -0.543. The zero-order valence-corrected chi connectivity index (χ0v) is 15.1. The number of hydrogen-bond acceptors (Lipinski definition) is 5. The molecule has 0 radical (unpaired) electrons. The van der Waals surface area contributed by atoms with Crippen molar-refractivity contribution in [1.82, 2.24) is 20.3 Å². The Labute approximate surface area is 152 Å².